The summed E-state index contributed by atoms with van der Waals surface area (Å²) in [5.41, 5.74) is 2.60. The van der Waals surface area contributed by atoms with Crippen LogP contribution in [0.15, 0.2) is 66.0 Å². The Balaban J connectivity index is 1.52. The largest absolute Gasteiger partial charge is 0.493 e. The Kier molecular flexibility index (Phi) is 8.29. The van der Waals surface area contributed by atoms with Crippen molar-refractivity contribution in [2.75, 3.05) is 12.4 Å². The zero-order valence-corrected chi connectivity index (χ0v) is 20.7. The normalized spacial score (nSPS) is 15.4. The highest BCUT2D eigenvalue weighted by Gasteiger charge is 2.30. The number of amides is 2. The molecule has 1 aliphatic heterocycles. The lowest BCUT2D eigenvalue weighted by atomic mass is 10.0. The zero-order chi connectivity index (χ0) is 26.4. The number of hydrogen-bond donors (Lipinski definition) is 1. The number of anilines is 1. The molecule has 1 aliphatic rings. The molecule has 0 saturated heterocycles. The van der Waals surface area contributed by atoms with Gasteiger partial charge in [0, 0.05) is 23.6 Å². The van der Waals surface area contributed by atoms with Gasteiger partial charge in [0.15, 0.2) is 11.5 Å². The molecule has 12 heteroatoms. The van der Waals surface area contributed by atoms with E-state index in [0.717, 1.165) is 17.3 Å². The van der Waals surface area contributed by atoms with Gasteiger partial charge in [-0.2, -0.15) is 13.9 Å². The number of thioether (sulfide) groups is 1. The first kappa shape index (κ1) is 26.0. The number of hydrazone groups is 1. The maximum absolute atomic E-state index is 12.8. The van der Waals surface area contributed by atoms with Gasteiger partial charge in [0.05, 0.1) is 24.6 Å². The van der Waals surface area contributed by atoms with E-state index < -0.39 is 12.5 Å². The van der Waals surface area contributed by atoms with E-state index in [1.807, 2.05) is 6.92 Å². The summed E-state index contributed by atoms with van der Waals surface area (Å²) < 4.78 is 35.1. The molecule has 1 aromatic heterocycles. The minimum Gasteiger partial charge on any atom is -0.493 e. The highest BCUT2D eigenvalue weighted by Crippen LogP contribution is 2.34. The number of nitrogens with one attached hydrogen (secondary N) is 1. The van der Waals surface area contributed by atoms with Crippen LogP contribution in [-0.2, 0) is 6.54 Å². The molecule has 2 amide bonds. The average Bonchev–Trinajstić information content (AvgIpc) is 2.91. The second kappa shape index (κ2) is 11.8. The number of aromatic nitrogens is 2. The predicted octanol–water partition coefficient (Wildman–Crippen LogP) is 5.19. The van der Waals surface area contributed by atoms with Crippen LogP contribution in [0.5, 0.6) is 11.5 Å². The van der Waals surface area contributed by atoms with Crippen LogP contribution in [-0.4, -0.2) is 50.8 Å². The number of carbonyl (C=O) groups is 2. The topological polar surface area (TPSA) is 106 Å². The van der Waals surface area contributed by atoms with E-state index in [4.69, 9.17) is 4.74 Å². The quantitative estimate of drug-likeness (QED) is 0.408. The summed E-state index contributed by atoms with van der Waals surface area (Å²) in [6.07, 6.45) is 3.61. The van der Waals surface area contributed by atoms with Gasteiger partial charge < -0.3 is 14.8 Å². The van der Waals surface area contributed by atoms with Crippen LogP contribution in [0.4, 0.5) is 19.3 Å². The molecule has 0 radical (unpaired) electrons. The van der Waals surface area contributed by atoms with Crippen molar-refractivity contribution in [3.8, 4) is 11.5 Å². The number of benzene rings is 2. The molecule has 0 aliphatic carbocycles. The fourth-order valence-electron chi connectivity index (χ4n) is 3.58. The number of alkyl halides is 2. The summed E-state index contributed by atoms with van der Waals surface area (Å²) in [5.74, 6) is -0.323. The first-order chi connectivity index (χ1) is 17.9. The van der Waals surface area contributed by atoms with E-state index >= 15 is 0 Å². The molecule has 0 bridgehead atoms. The van der Waals surface area contributed by atoms with E-state index in [1.165, 1.54) is 30.6 Å². The molecule has 1 N–H and O–H groups in total. The van der Waals surface area contributed by atoms with Crippen LogP contribution in [0.1, 0.15) is 35.1 Å². The van der Waals surface area contributed by atoms with E-state index in [0.29, 0.717) is 23.4 Å². The number of nitrogens with zero attached hydrogens (tertiary/aromatic N) is 4. The fraction of sp³-hybridized carbons (Fsp3) is 0.240. The molecule has 0 saturated carbocycles. The number of carbonyl (C=O) groups excluding carboxylic acids is 2. The molecule has 4 rings (SSSR count). The Bertz CT molecular complexity index is 1290. The number of hydrogen-bond acceptors (Lipinski definition) is 8. The van der Waals surface area contributed by atoms with Gasteiger partial charge in [0.2, 0.25) is 5.82 Å². The lowest BCUT2D eigenvalue weighted by molar-refractivity contribution is -0.0512. The number of halogens is 2. The first-order valence-corrected chi connectivity index (χ1v) is 12.1. The SMILES string of the molecule is CCC1SC(=O)N(Cc2ccc(NC(=O)c3ncccn3)cc2)N=C1c1ccc(OC(F)F)c(OC)c1. The van der Waals surface area contributed by atoms with E-state index in [9.17, 15) is 18.4 Å². The van der Waals surface area contributed by atoms with Crippen LogP contribution in [0.3, 0.4) is 0 Å². The average molecular weight is 528 g/mol. The molecule has 0 fully saturated rings. The van der Waals surface area contributed by atoms with Crippen LogP contribution < -0.4 is 14.8 Å². The molecular weight excluding hydrogens is 504 g/mol. The maximum Gasteiger partial charge on any atom is 0.387 e. The lowest BCUT2D eigenvalue weighted by Gasteiger charge is -2.28. The third kappa shape index (κ3) is 6.39. The lowest BCUT2D eigenvalue weighted by Crippen LogP contribution is -2.34. The van der Waals surface area contributed by atoms with Gasteiger partial charge >= 0.3 is 11.9 Å². The first-order valence-electron chi connectivity index (χ1n) is 11.2. The minimum absolute atomic E-state index is 0.0558. The van der Waals surface area contributed by atoms with Gasteiger partial charge in [-0.05, 0) is 48.4 Å². The van der Waals surface area contributed by atoms with Gasteiger partial charge in [0.25, 0.3) is 5.91 Å². The smallest absolute Gasteiger partial charge is 0.387 e. The van der Waals surface area contributed by atoms with Crippen molar-refractivity contribution in [2.24, 2.45) is 5.10 Å². The third-order valence-electron chi connectivity index (χ3n) is 5.35. The van der Waals surface area contributed by atoms with Crippen molar-refractivity contribution >= 4 is 34.3 Å². The number of rotatable bonds is 9. The van der Waals surface area contributed by atoms with Crippen molar-refractivity contribution in [3.63, 3.8) is 0 Å². The molecule has 3 aromatic rings. The van der Waals surface area contributed by atoms with Crippen LogP contribution in [0, 0.1) is 0 Å². The second-order valence-corrected chi connectivity index (χ2v) is 8.95. The zero-order valence-electron chi connectivity index (χ0n) is 19.9. The van der Waals surface area contributed by atoms with Gasteiger partial charge in [-0.25, -0.2) is 15.0 Å². The molecule has 192 valence electrons. The fourth-order valence-corrected chi connectivity index (χ4v) is 4.52. The van der Waals surface area contributed by atoms with Crippen molar-refractivity contribution in [2.45, 2.75) is 31.8 Å². The summed E-state index contributed by atoms with van der Waals surface area (Å²) in [6.45, 7) is -0.842. The van der Waals surface area contributed by atoms with Gasteiger partial charge in [-0.15, -0.1) is 0 Å². The van der Waals surface area contributed by atoms with Crippen molar-refractivity contribution in [1.82, 2.24) is 15.0 Å². The molecule has 1 unspecified atom stereocenters. The van der Waals surface area contributed by atoms with E-state index in [1.54, 1.807) is 42.5 Å². The Morgan fingerprint density at radius 2 is 1.86 bits per heavy atom. The molecule has 37 heavy (non-hydrogen) atoms. The summed E-state index contributed by atoms with van der Waals surface area (Å²) in [7, 11) is 1.36. The van der Waals surface area contributed by atoms with Crippen molar-refractivity contribution in [3.05, 3.63) is 77.9 Å². The minimum atomic E-state index is -2.98. The molecule has 2 aromatic carbocycles. The summed E-state index contributed by atoms with van der Waals surface area (Å²) in [5, 5.41) is 8.26. The summed E-state index contributed by atoms with van der Waals surface area (Å²) in [4.78, 5) is 32.9. The Labute approximate surface area is 215 Å². The Morgan fingerprint density at radius 3 is 2.51 bits per heavy atom. The maximum atomic E-state index is 12.8. The van der Waals surface area contributed by atoms with Gasteiger partial charge in [-0.3, -0.25) is 9.59 Å². The Hall–Kier alpha value is -4.06. The second-order valence-electron chi connectivity index (χ2n) is 7.79. The molecular formula is C25H23F2N5O4S. The highest BCUT2D eigenvalue weighted by molar-refractivity contribution is 8.14. The van der Waals surface area contributed by atoms with E-state index in [2.05, 4.69) is 25.1 Å². The Morgan fingerprint density at radius 1 is 1.14 bits per heavy atom. The highest BCUT2D eigenvalue weighted by atomic mass is 32.2. The predicted molar refractivity (Wildman–Crippen MR) is 135 cm³/mol. The van der Waals surface area contributed by atoms with Crippen molar-refractivity contribution in [1.29, 1.82) is 0 Å². The molecule has 0 spiro atoms. The van der Waals surface area contributed by atoms with Crippen LogP contribution in [0.2, 0.25) is 0 Å². The standard InChI is InChI=1S/C25H23F2N5O4S/c1-3-20-21(16-7-10-18(36-24(26)27)19(13-16)35-2)31-32(25(34)37-20)14-15-5-8-17(9-6-15)30-23(33)22-28-11-4-12-29-22/h4-13,20,24H,3,14H2,1-2H3,(H,30,33). The molecule has 9 nitrogen and oxygen atoms in total. The number of methoxy groups -OCH3 is 1. The van der Waals surface area contributed by atoms with Crippen molar-refractivity contribution < 1.29 is 27.8 Å². The van der Waals surface area contributed by atoms with Crippen LogP contribution in [0.25, 0.3) is 0 Å². The number of ether oxygens (including phenoxy) is 2. The van der Waals surface area contributed by atoms with E-state index in [-0.39, 0.29) is 34.4 Å². The van der Waals surface area contributed by atoms with Crippen LogP contribution >= 0.6 is 11.8 Å². The summed E-state index contributed by atoms with van der Waals surface area (Å²) >= 11 is 1.15. The third-order valence-corrected chi connectivity index (χ3v) is 6.60. The monoisotopic (exact) mass is 527 g/mol. The summed E-state index contributed by atoms with van der Waals surface area (Å²) in [6, 6.07) is 13.2. The van der Waals surface area contributed by atoms with Gasteiger partial charge in [-0.1, -0.05) is 30.8 Å². The molecule has 2 heterocycles. The molecule has 1 atom stereocenters. The van der Waals surface area contributed by atoms with Gasteiger partial charge in [0.1, 0.15) is 0 Å².